The minimum atomic E-state index is -0.314. The number of fused-ring (bicyclic) bond motifs is 1. The zero-order valence-electron chi connectivity index (χ0n) is 18.7. The van der Waals surface area contributed by atoms with E-state index < -0.39 is 0 Å². The molecule has 0 saturated heterocycles. The van der Waals surface area contributed by atoms with Gasteiger partial charge in [0.05, 0.1) is 25.3 Å². The Morgan fingerprint density at radius 1 is 0.879 bits per heavy atom. The third kappa shape index (κ3) is 6.31. The van der Waals surface area contributed by atoms with Gasteiger partial charge in [-0.05, 0) is 85.3 Å². The van der Waals surface area contributed by atoms with E-state index in [1.165, 1.54) is 30.9 Å². The molecule has 0 amide bonds. The first kappa shape index (κ1) is 25.1. The highest BCUT2D eigenvalue weighted by atomic mass is 79.9. The molecule has 1 aliphatic heterocycles. The lowest BCUT2D eigenvalue weighted by Gasteiger charge is -2.14. The highest BCUT2D eigenvalue weighted by Crippen LogP contribution is 2.29. The van der Waals surface area contributed by atoms with Gasteiger partial charge >= 0.3 is 11.9 Å². The standard InChI is InChI=1S/C17H17NO2.C9H8Br2O2/c1-20-17(19)14-7-8-15-11-18(12-16(15)9-14)10-13-5-3-2-4-6-13;1-5-6(9(12)13-2)3-4-7(10)8(5)11/h2-9H,10-12H2,1H3;3-4H,1-2H3. The van der Waals surface area contributed by atoms with Gasteiger partial charge < -0.3 is 9.47 Å². The molecule has 0 spiro atoms. The first-order valence-electron chi connectivity index (χ1n) is 10.3. The van der Waals surface area contributed by atoms with Crippen molar-refractivity contribution in [3.05, 3.63) is 103 Å². The summed E-state index contributed by atoms with van der Waals surface area (Å²) in [5.74, 6) is -0.583. The summed E-state index contributed by atoms with van der Waals surface area (Å²) in [7, 11) is 2.79. The van der Waals surface area contributed by atoms with E-state index >= 15 is 0 Å². The van der Waals surface area contributed by atoms with Crippen LogP contribution in [0.2, 0.25) is 0 Å². The van der Waals surface area contributed by atoms with Gasteiger partial charge in [-0.15, -0.1) is 0 Å². The maximum absolute atomic E-state index is 11.6. The maximum atomic E-state index is 11.6. The zero-order valence-corrected chi connectivity index (χ0v) is 21.9. The van der Waals surface area contributed by atoms with Crippen LogP contribution in [0.15, 0.2) is 69.6 Å². The van der Waals surface area contributed by atoms with Crippen molar-refractivity contribution in [2.24, 2.45) is 0 Å². The number of esters is 2. The van der Waals surface area contributed by atoms with Gasteiger partial charge in [0.1, 0.15) is 0 Å². The molecule has 1 heterocycles. The van der Waals surface area contributed by atoms with Crippen LogP contribution in [0.1, 0.15) is 43.0 Å². The van der Waals surface area contributed by atoms with E-state index in [0.29, 0.717) is 11.1 Å². The Morgan fingerprint density at radius 3 is 2.21 bits per heavy atom. The van der Waals surface area contributed by atoms with Crippen molar-refractivity contribution in [1.82, 2.24) is 4.90 Å². The van der Waals surface area contributed by atoms with Crippen molar-refractivity contribution < 1.29 is 19.1 Å². The van der Waals surface area contributed by atoms with Crippen LogP contribution in [0.25, 0.3) is 0 Å². The molecule has 3 aromatic rings. The molecule has 0 aromatic heterocycles. The zero-order chi connectivity index (χ0) is 24.0. The quantitative estimate of drug-likeness (QED) is 0.342. The maximum Gasteiger partial charge on any atom is 0.338 e. The van der Waals surface area contributed by atoms with Gasteiger partial charge in [0.15, 0.2) is 0 Å². The lowest BCUT2D eigenvalue weighted by Crippen LogP contribution is -2.15. The molecule has 5 nitrogen and oxygen atoms in total. The molecule has 0 fully saturated rings. The van der Waals surface area contributed by atoms with Crippen LogP contribution in [0.4, 0.5) is 0 Å². The molecule has 33 heavy (non-hydrogen) atoms. The van der Waals surface area contributed by atoms with E-state index in [9.17, 15) is 9.59 Å². The van der Waals surface area contributed by atoms with Crippen LogP contribution in [0, 0.1) is 6.92 Å². The minimum absolute atomic E-state index is 0.269. The molecule has 4 rings (SSSR count). The molecule has 0 bridgehead atoms. The van der Waals surface area contributed by atoms with E-state index in [-0.39, 0.29) is 11.9 Å². The second kappa shape index (κ2) is 11.6. The summed E-state index contributed by atoms with van der Waals surface area (Å²) in [5.41, 5.74) is 5.93. The Morgan fingerprint density at radius 2 is 1.55 bits per heavy atom. The molecular formula is C26H25Br2NO4. The fraction of sp³-hybridized carbons (Fsp3) is 0.231. The highest BCUT2D eigenvalue weighted by Gasteiger charge is 2.20. The Balaban J connectivity index is 0.000000205. The number of halogens is 2. The normalized spacial score (nSPS) is 12.4. The van der Waals surface area contributed by atoms with Crippen molar-refractivity contribution in [2.45, 2.75) is 26.6 Å². The van der Waals surface area contributed by atoms with Crippen molar-refractivity contribution in [1.29, 1.82) is 0 Å². The summed E-state index contributed by atoms with van der Waals surface area (Å²) >= 11 is 6.73. The molecule has 0 unspecified atom stereocenters. The number of hydrogen-bond acceptors (Lipinski definition) is 5. The summed E-state index contributed by atoms with van der Waals surface area (Å²) in [5, 5.41) is 0. The van der Waals surface area contributed by atoms with Crippen LogP contribution in [-0.4, -0.2) is 31.1 Å². The third-order valence-corrected chi connectivity index (χ3v) is 7.62. The average molecular weight is 575 g/mol. The number of ether oxygens (including phenoxy) is 2. The Kier molecular flexibility index (Phi) is 8.83. The highest BCUT2D eigenvalue weighted by molar-refractivity contribution is 9.13. The Labute approximate surface area is 211 Å². The molecule has 0 aliphatic carbocycles. The topological polar surface area (TPSA) is 55.8 Å². The van der Waals surface area contributed by atoms with Gasteiger partial charge in [-0.2, -0.15) is 0 Å². The largest absolute Gasteiger partial charge is 0.465 e. The molecule has 3 aromatic carbocycles. The molecule has 0 N–H and O–H groups in total. The smallest absolute Gasteiger partial charge is 0.338 e. The molecule has 0 atom stereocenters. The van der Waals surface area contributed by atoms with Gasteiger partial charge in [0.2, 0.25) is 0 Å². The van der Waals surface area contributed by atoms with E-state index in [0.717, 1.165) is 34.1 Å². The van der Waals surface area contributed by atoms with Crippen LogP contribution >= 0.6 is 31.9 Å². The van der Waals surface area contributed by atoms with Gasteiger partial charge in [-0.25, -0.2) is 9.59 Å². The van der Waals surface area contributed by atoms with E-state index in [1.807, 2.05) is 37.3 Å². The average Bonchev–Trinajstić information content (AvgIpc) is 3.24. The van der Waals surface area contributed by atoms with Crippen LogP contribution in [0.3, 0.4) is 0 Å². The predicted molar refractivity (Wildman–Crippen MR) is 135 cm³/mol. The number of methoxy groups -OCH3 is 2. The number of benzene rings is 3. The predicted octanol–water partition coefficient (Wildman–Crippen LogP) is 6.30. The third-order valence-electron chi connectivity index (χ3n) is 5.41. The van der Waals surface area contributed by atoms with Gasteiger partial charge in [0.25, 0.3) is 0 Å². The fourth-order valence-electron chi connectivity index (χ4n) is 3.65. The summed E-state index contributed by atoms with van der Waals surface area (Å²) in [6.45, 7) is 4.62. The number of nitrogens with zero attached hydrogens (tertiary/aromatic N) is 1. The van der Waals surface area contributed by atoms with E-state index in [4.69, 9.17) is 4.74 Å². The van der Waals surface area contributed by atoms with Gasteiger partial charge in [-0.1, -0.05) is 36.4 Å². The first-order chi connectivity index (χ1) is 15.8. The van der Waals surface area contributed by atoms with Crippen LogP contribution in [-0.2, 0) is 29.1 Å². The lowest BCUT2D eigenvalue weighted by atomic mass is 10.1. The van der Waals surface area contributed by atoms with Crippen molar-refractivity contribution in [3.63, 3.8) is 0 Å². The summed E-state index contributed by atoms with van der Waals surface area (Å²) in [6.07, 6.45) is 0. The fourth-order valence-corrected chi connectivity index (χ4v) is 4.42. The number of carbonyl (C=O) groups is 2. The molecule has 172 valence electrons. The van der Waals surface area contributed by atoms with Gasteiger partial charge in [-0.3, -0.25) is 4.90 Å². The molecule has 7 heteroatoms. The second-order valence-electron chi connectivity index (χ2n) is 7.63. The van der Waals surface area contributed by atoms with E-state index in [2.05, 4.69) is 65.8 Å². The molecule has 0 saturated carbocycles. The number of hydrogen-bond donors (Lipinski definition) is 0. The second-order valence-corrected chi connectivity index (χ2v) is 9.28. The van der Waals surface area contributed by atoms with Crippen molar-refractivity contribution in [3.8, 4) is 0 Å². The van der Waals surface area contributed by atoms with Gasteiger partial charge in [0, 0.05) is 28.6 Å². The number of rotatable bonds is 4. The SMILES string of the molecule is COC(=O)c1ccc(Br)c(Br)c1C.COC(=O)c1ccc2c(c1)CN(Cc1ccccc1)C2. The summed E-state index contributed by atoms with van der Waals surface area (Å²) in [4.78, 5) is 25.2. The molecular weight excluding hydrogens is 550 g/mol. The Hall–Kier alpha value is -2.48. The van der Waals surface area contributed by atoms with Crippen molar-refractivity contribution >= 4 is 43.8 Å². The van der Waals surface area contributed by atoms with Crippen LogP contribution < -0.4 is 0 Å². The monoisotopic (exact) mass is 573 g/mol. The lowest BCUT2D eigenvalue weighted by molar-refractivity contribution is 0.0591. The van der Waals surface area contributed by atoms with Crippen molar-refractivity contribution in [2.75, 3.05) is 14.2 Å². The van der Waals surface area contributed by atoms with Crippen LogP contribution in [0.5, 0.6) is 0 Å². The molecule has 0 radical (unpaired) electrons. The van der Waals surface area contributed by atoms with E-state index in [1.54, 1.807) is 6.07 Å². The number of carbonyl (C=O) groups excluding carboxylic acids is 2. The summed E-state index contributed by atoms with van der Waals surface area (Å²) < 4.78 is 11.2. The minimum Gasteiger partial charge on any atom is -0.465 e. The Bertz CT molecular complexity index is 1150. The summed E-state index contributed by atoms with van der Waals surface area (Å²) in [6, 6.07) is 19.8. The molecule has 1 aliphatic rings. The first-order valence-corrected chi connectivity index (χ1v) is 11.9.